The number of alkyl halides is 1. The molecule has 0 fully saturated rings. The van der Waals surface area contributed by atoms with E-state index >= 15 is 0 Å². The van der Waals surface area contributed by atoms with Crippen molar-refractivity contribution in [3.8, 4) is 5.75 Å². The summed E-state index contributed by atoms with van der Waals surface area (Å²) in [5.41, 5.74) is 0.988. The van der Waals surface area contributed by atoms with E-state index in [1.165, 1.54) is 0 Å². The van der Waals surface area contributed by atoms with Crippen molar-refractivity contribution in [2.45, 2.75) is 11.2 Å². The molecule has 2 rings (SSSR count). The molecular formula is C15H12BrF3O. The zero-order valence-electron chi connectivity index (χ0n) is 10.7. The largest absolute Gasteiger partial charge is 0.497 e. The van der Waals surface area contributed by atoms with E-state index in [1.807, 2.05) is 18.2 Å². The zero-order valence-corrected chi connectivity index (χ0v) is 12.3. The fourth-order valence-electron chi connectivity index (χ4n) is 1.89. The van der Waals surface area contributed by atoms with Crippen molar-refractivity contribution in [2.24, 2.45) is 0 Å². The molecule has 1 nitrogen and oxygen atoms in total. The SMILES string of the molecule is COc1cccc(CC(Br)c2cc(F)c(F)cc2F)c1. The van der Waals surface area contributed by atoms with Crippen LogP contribution in [0.15, 0.2) is 36.4 Å². The van der Waals surface area contributed by atoms with Gasteiger partial charge in [0.15, 0.2) is 11.6 Å². The van der Waals surface area contributed by atoms with Crippen LogP contribution in [0.4, 0.5) is 13.2 Å². The van der Waals surface area contributed by atoms with Crippen LogP contribution in [0.25, 0.3) is 0 Å². The Morgan fingerprint density at radius 3 is 2.45 bits per heavy atom. The number of benzene rings is 2. The molecule has 0 amide bonds. The van der Waals surface area contributed by atoms with Gasteiger partial charge in [-0.1, -0.05) is 28.1 Å². The first-order valence-corrected chi connectivity index (χ1v) is 6.84. The van der Waals surface area contributed by atoms with Gasteiger partial charge in [0.25, 0.3) is 0 Å². The summed E-state index contributed by atoms with van der Waals surface area (Å²) in [6, 6.07) is 8.72. The van der Waals surface area contributed by atoms with Gasteiger partial charge >= 0.3 is 0 Å². The predicted octanol–water partition coefficient (Wildman–Crippen LogP) is 4.79. The number of hydrogen-bond acceptors (Lipinski definition) is 1. The van der Waals surface area contributed by atoms with Crippen molar-refractivity contribution in [3.63, 3.8) is 0 Å². The standard InChI is InChI=1S/C15H12BrF3O/c1-20-10-4-2-3-9(5-10)6-12(16)11-7-14(18)15(19)8-13(11)17/h2-5,7-8,12H,6H2,1H3. The molecule has 0 spiro atoms. The number of rotatable bonds is 4. The zero-order chi connectivity index (χ0) is 14.7. The summed E-state index contributed by atoms with van der Waals surface area (Å²) < 4.78 is 44.9. The summed E-state index contributed by atoms with van der Waals surface area (Å²) in [6.45, 7) is 0. The fourth-order valence-corrected chi connectivity index (χ4v) is 2.62. The Kier molecular flexibility index (Phi) is 4.70. The van der Waals surface area contributed by atoms with E-state index < -0.39 is 22.3 Å². The third-order valence-corrected chi connectivity index (χ3v) is 3.74. The van der Waals surface area contributed by atoms with Crippen LogP contribution >= 0.6 is 15.9 Å². The molecule has 5 heteroatoms. The van der Waals surface area contributed by atoms with Gasteiger partial charge in [-0.15, -0.1) is 0 Å². The highest BCUT2D eigenvalue weighted by atomic mass is 79.9. The lowest BCUT2D eigenvalue weighted by atomic mass is 10.0. The minimum atomic E-state index is -1.19. The molecule has 0 radical (unpaired) electrons. The molecule has 0 aliphatic rings. The lowest BCUT2D eigenvalue weighted by molar-refractivity contribution is 0.414. The quantitative estimate of drug-likeness (QED) is 0.572. The van der Waals surface area contributed by atoms with Crippen LogP contribution in [0.2, 0.25) is 0 Å². The van der Waals surface area contributed by atoms with E-state index in [0.29, 0.717) is 18.2 Å². The van der Waals surface area contributed by atoms with Gasteiger partial charge in [-0.25, -0.2) is 13.2 Å². The van der Waals surface area contributed by atoms with Crippen LogP contribution in [0.3, 0.4) is 0 Å². The third-order valence-electron chi connectivity index (χ3n) is 2.93. The molecule has 2 aromatic rings. The van der Waals surface area contributed by atoms with Gasteiger partial charge in [-0.05, 0) is 30.2 Å². The van der Waals surface area contributed by atoms with Crippen LogP contribution in [0.1, 0.15) is 16.0 Å². The van der Waals surface area contributed by atoms with Crippen LogP contribution in [-0.2, 0) is 6.42 Å². The maximum Gasteiger partial charge on any atom is 0.161 e. The monoisotopic (exact) mass is 344 g/mol. The first-order valence-electron chi connectivity index (χ1n) is 5.92. The van der Waals surface area contributed by atoms with Gasteiger partial charge in [0, 0.05) is 16.5 Å². The van der Waals surface area contributed by atoms with Crippen LogP contribution < -0.4 is 4.74 Å². The maximum absolute atomic E-state index is 13.7. The molecule has 1 atom stereocenters. The first kappa shape index (κ1) is 14.9. The number of halogens is 4. The normalized spacial score (nSPS) is 12.2. The van der Waals surface area contributed by atoms with Gasteiger partial charge in [-0.3, -0.25) is 0 Å². The Morgan fingerprint density at radius 1 is 1.05 bits per heavy atom. The second-order valence-corrected chi connectivity index (χ2v) is 5.42. The molecule has 106 valence electrons. The topological polar surface area (TPSA) is 9.23 Å². The second-order valence-electron chi connectivity index (χ2n) is 4.31. The molecule has 2 aromatic carbocycles. The Bertz CT molecular complexity index is 616. The summed E-state index contributed by atoms with van der Waals surface area (Å²) in [5.74, 6) is -2.33. The molecule has 0 saturated carbocycles. The summed E-state index contributed by atoms with van der Waals surface area (Å²) in [6.07, 6.45) is 0.430. The summed E-state index contributed by atoms with van der Waals surface area (Å²) in [7, 11) is 1.56. The smallest absolute Gasteiger partial charge is 0.161 e. The Morgan fingerprint density at radius 2 is 1.75 bits per heavy atom. The molecule has 0 aliphatic heterocycles. The molecule has 0 N–H and O–H groups in total. The first-order chi connectivity index (χ1) is 9.51. The van der Waals surface area contributed by atoms with Crippen molar-refractivity contribution < 1.29 is 17.9 Å². The van der Waals surface area contributed by atoms with Gasteiger partial charge in [0.1, 0.15) is 11.6 Å². The van der Waals surface area contributed by atoms with Crippen molar-refractivity contribution >= 4 is 15.9 Å². The number of methoxy groups -OCH3 is 1. The van der Waals surface area contributed by atoms with Crippen molar-refractivity contribution in [1.29, 1.82) is 0 Å². The van der Waals surface area contributed by atoms with E-state index in [0.717, 1.165) is 11.6 Å². The molecular weight excluding hydrogens is 333 g/mol. The molecule has 0 aliphatic carbocycles. The van der Waals surface area contributed by atoms with E-state index in [-0.39, 0.29) is 5.56 Å². The molecule has 0 heterocycles. The lowest BCUT2D eigenvalue weighted by Gasteiger charge is -2.12. The van der Waals surface area contributed by atoms with Crippen LogP contribution in [0, 0.1) is 17.5 Å². The third kappa shape index (κ3) is 3.33. The maximum atomic E-state index is 13.7. The van der Waals surface area contributed by atoms with Gasteiger partial charge in [0.05, 0.1) is 7.11 Å². The highest BCUT2D eigenvalue weighted by Crippen LogP contribution is 2.31. The van der Waals surface area contributed by atoms with Crippen molar-refractivity contribution in [1.82, 2.24) is 0 Å². The molecule has 20 heavy (non-hydrogen) atoms. The minimum absolute atomic E-state index is 0.0896. The van der Waals surface area contributed by atoms with Crippen LogP contribution in [-0.4, -0.2) is 7.11 Å². The second kappa shape index (κ2) is 6.31. The van der Waals surface area contributed by atoms with Gasteiger partial charge in [-0.2, -0.15) is 0 Å². The fraction of sp³-hybridized carbons (Fsp3) is 0.200. The molecule has 0 saturated heterocycles. The van der Waals surface area contributed by atoms with Gasteiger partial charge < -0.3 is 4.74 Å². The average molecular weight is 345 g/mol. The number of hydrogen-bond donors (Lipinski definition) is 0. The Labute approximate surface area is 123 Å². The van der Waals surface area contributed by atoms with Crippen molar-refractivity contribution in [3.05, 3.63) is 65.0 Å². The highest BCUT2D eigenvalue weighted by molar-refractivity contribution is 9.09. The molecule has 0 aromatic heterocycles. The summed E-state index contributed by atoms with van der Waals surface area (Å²) in [4.78, 5) is -0.454. The minimum Gasteiger partial charge on any atom is -0.497 e. The van der Waals surface area contributed by atoms with E-state index in [1.54, 1.807) is 13.2 Å². The Hall–Kier alpha value is -1.49. The predicted molar refractivity (Wildman–Crippen MR) is 74.7 cm³/mol. The number of ether oxygens (including phenoxy) is 1. The van der Waals surface area contributed by atoms with E-state index in [2.05, 4.69) is 15.9 Å². The highest BCUT2D eigenvalue weighted by Gasteiger charge is 2.17. The summed E-state index contributed by atoms with van der Waals surface area (Å²) in [5, 5.41) is 0. The van der Waals surface area contributed by atoms with E-state index in [9.17, 15) is 13.2 Å². The summed E-state index contributed by atoms with van der Waals surface area (Å²) >= 11 is 3.31. The molecule has 0 bridgehead atoms. The Balaban J connectivity index is 2.23. The van der Waals surface area contributed by atoms with Crippen molar-refractivity contribution in [2.75, 3.05) is 7.11 Å². The van der Waals surface area contributed by atoms with Crippen LogP contribution in [0.5, 0.6) is 5.75 Å². The molecule has 1 unspecified atom stereocenters. The van der Waals surface area contributed by atoms with E-state index in [4.69, 9.17) is 4.74 Å². The van der Waals surface area contributed by atoms with Gasteiger partial charge in [0.2, 0.25) is 0 Å². The average Bonchev–Trinajstić information content (AvgIpc) is 2.43. The lowest BCUT2D eigenvalue weighted by Crippen LogP contribution is -2.01.